The van der Waals surface area contributed by atoms with Crippen molar-refractivity contribution in [2.75, 3.05) is 0 Å². The lowest BCUT2D eigenvalue weighted by atomic mass is 10.1. The Bertz CT molecular complexity index is 629. The van der Waals surface area contributed by atoms with Crippen LogP contribution in [0, 0.1) is 0 Å². The smallest absolute Gasteiger partial charge is 0.307 e. The Hall–Kier alpha value is -1.65. The third kappa shape index (κ3) is 3.22. The standard InChI is InChI=1S/C14H11ClO3S/c1-8(16)12-6-10(7-13(17)18)14(19-12)9-2-4-11(15)5-3-9/h2-6H,7H2,1H3,(H,17,18). The third-order valence-corrected chi connectivity index (χ3v) is 4.18. The molecule has 0 spiro atoms. The van der Waals surface area contributed by atoms with Gasteiger partial charge in [-0.2, -0.15) is 0 Å². The fourth-order valence-electron chi connectivity index (χ4n) is 1.74. The second-order valence-corrected chi connectivity index (χ2v) is 5.59. The molecule has 1 N–H and O–H groups in total. The topological polar surface area (TPSA) is 54.4 Å². The maximum atomic E-state index is 11.4. The molecular formula is C14H11ClO3S. The molecule has 0 amide bonds. The van der Waals surface area contributed by atoms with Crippen LogP contribution in [0.1, 0.15) is 22.2 Å². The zero-order valence-corrected chi connectivity index (χ0v) is 11.7. The summed E-state index contributed by atoms with van der Waals surface area (Å²) in [5.41, 5.74) is 1.53. The molecule has 1 heterocycles. The van der Waals surface area contributed by atoms with Crippen LogP contribution >= 0.6 is 22.9 Å². The quantitative estimate of drug-likeness (QED) is 0.870. The summed E-state index contributed by atoms with van der Waals surface area (Å²) in [6, 6.07) is 8.79. The van der Waals surface area contributed by atoms with E-state index in [0.717, 1.165) is 10.4 Å². The minimum Gasteiger partial charge on any atom is -0.481 e. The first kappa shape index (κ1) is 13.8. The fourth-order valence-corrected chi connectivity index (χ4v) is 2.95. The number of hydrogen-bond donors (Lipinski definition) is 1. The van der Waals surface area contributed by atoms with Gasteiger partial charge < -0.3 is 5.11 Å². The number of carbonyl (C=O) groups is 2. The number of carbonyl (C=O) groups excluding carboxylic acids is 1. The molecule has 0 saturated carbocycles. The summed E-state index contributed by atoms with van der Waals surface area (Å²) in [7, 11) is 0. The predicted molar refractivity (Wildman–Crippen MR) is 76.1 cm³/mol. The van der Waals surface area contributed by atoms with E-state index in [1.165, 1.54) is 18.3 Å². The molecule has 0 aliphatic carbocycles. The van der Waals surface area contributed by atoms with E-state index in [-0.39, 0.29) is 12.2 Å². The van der Waals surface area contributed by atoms with Crippen LogP contribution in [0.4, 0.5) is 0 Å². The summed E-state index contributed by atoms with van der Waals surface area (Å²) in [5, 5.41) is 9.55. The van der Waals surface area contributed by atoms with Crippen molar-refractivity contribution in [2.24, 2.45) is 0 Å². The monoisotopic (exact) mass is 294 g/mol. The molecule has 0 aliphatic rings. The van der Waals surface area contributed by atoms with Crippen molar-refractivity contribution in [3.63, 3.8) is 0 Å². The molecule has 2 rings (SSSR count). The lowest BCUT2D eigenvalue weighted by Gasteiger charge is -2.01. The minimum atomic E-state index is -0.914. The first-order valence-corrected chi connectivity index (χ1v) is 6.78. The molecule has 0 atom stereocenters. The number of Topliss-reactive ketones (excluding diaryl/α,β-unsaturated/α-hetero) is 1. The minimum absolute atomic E-state index is 0.0585. The molecule has 19 heavy (non-hydrogen) atoms. The van der Waals surface area contributed by atoms with Crippen molar-refractivity contribution in [3.05, 3.63) is 45.8 Å². The van der Waals surface area contributed by atoms with Crippen molar-refractivity contribution < 1.29 is 14.7 Å². The summed E-state index contributed by atoms with van der Waals surface area (Å²) in [6.45, 7) is 1.47. The van der Waals surface area contributed by atoms with Gasteiger partial charge in [0.15, 0.2) is 5.78 Å². The highest BCUT2D eigenvalue weighted by molar-refractivity contribution is 7.17. The Morgan fingerprint density at radius 3 is 2.42 bits per heavy atom. The largest absolute Gasteiger partial charge is 0.481 e. The summed E-state index contributed by atoms with van der Waals surface area (Å²) < 4.78 is 0. The first-order valence-electron chi connectivity index (χ1n) is 5.58. The molecule has 98 valence electrons. The maximum Gasteiger partial charge on any atom is 0.307 e. The fraction of sp³-hybridized carbons (Fsp3) is 0.143. The van der Waals surface area contributed by atoms with Gasteiger partial charge in [0.25, 0.3) is 0 Å². The van der Waals surface area contributed by atoms with E-state index in [1.54, 1.807) is 18.2 Å². The van der Waals surface area contributed by atoms with Crippen LogP contribution in [-0.4, -0.2) is 16.9 Å². The van der Waals surface area contributed by atoms with Gasteiger partial charge in [0.05, 0.1) is 11.3 Å². The number of rotatable bonds is 4. The molecule has 3 nitrogen and oxygen atoms in total. The highest BCUT2D eigenvalue weighted by Crippen LogP contribution is 2.34. The molecule has 1 aromatic heterocycles. The molecule has 0 aliphatic heterocycles. The van der Waals surface area contributed by atoms with Crippen molar-refractivity contribution in [1.82, 2.24) is 0 Å². The van der Waals surface area contributed by atoms with Gasteiger partial charge in [-0.3, -0.25) is 9.59 Å². The van der Waals surface area contributed by atoms with E-state index in [1.807, 2.05) is 12.1 Å². The molecule has 0 radical (unpaired) electrons. The van der Waals surface area contributed by atoms with E-state index in [0.29, 0.717) is 15.5 Å². The number of carboxylic acids is 1. The average molecular weight is 295 g/mol. The average Bonchev–Trinajstić information content (AvgIpc) is 2.73. The van der Waals surface area contributed by atoms with Crippen LogP contribution in [-0.2, 0) is 11.2 Å². The van der Waals surface area contributed by atoms with E-state index in [2.05, 4.69) is 0 Å². The second-order valence-electron chi connectivity index (χ2n) is 4.10. The number of benzene rings is 1. The Morgan fingerprint density at radius 1 is 1.26 bits per heavy atom. The SMILES string of the molecule is CC(=O)c1cc(CC(=O)O)c(-c2ccc(Cl)cc2)s1. The van der Waals surface area contributed by atoms with E-state index >= 15 is 0 Å². The summed E-state index contributed by atoms with van der Waals surface area (Å²) >= 11 is 7.15. The molecule has 2 aromatic rings. The second kappa shape index (κ2) is 5.55. The predicted octanol–water partition coefficient (Wildman–Crippen LogP) is 3.90. The van der Waals surface area contributed by atoms with Crippen LogP contribution in [0.5, 0.6) is 0 Å². The Morgan fingerprint density at radius 2 is 1.89 bits per heavy atom. The zero-order chi connectivity index (χ0) is 14.0. The maximum absolute atomic E-state index is 11.4. The summed E-state index contributed by atoms with van der Waals surface area (Å²) in [5.74, 6) is -0.972. The first-order chi connectivity index (χ1) is 8.97. The lowest BCUT2D eigenvalue weighted by molar-refractivity contribution is -0.136. The van der Waals surface area contributed by atoms with Crippen LogP contribution in [0.25, 0.3) is 10.4 Å². The van der Waals surface area contributed by atoms with Gasteiger partial charge in [-0.15, -0.1) is 11.3 Å². The highest BCUT2D eigenvalue weighted by Gasteiger charge is 2.15. The number of thiophene rings is 1. The van der Waals surface area contributed by atoms with Gasteiger partial charge >= 0.3 is 5.97 Å². The number of hydrogen-bond acceptors (Lipinski definition) is 3. The number of ketones is 1. The zero-order valence-electron chi connectivity index (χ0n) is 10.1. The van der Waals surface area contributed by atoms with E-state index in [4.69, 9.17) is 16.7 Å². The molecule has 0 unspecified atom stereocenters. The summed E-state index contributed by atoms with van der Waals surface area (Å²) in [6.07, 6.45) is -0.0955. The van der Waals surface area contributed by atoms with Crippen molar-refractivity contribution >= 4 is 34.7 Å². The van der Waals surface area contributed by atoms with Gasteiger partial charge in [0.2, 0.25) is 0 Å². The molecule has 5 heteroatoms. The van der Waals surface area contributed by atoms with Gasteiger partial charge in [-0.05, 0) is 36.2 Å². The number of aliphatic carboxylic acids is 1. The van der Waals surface area contributed by atoms with Crippen LogP contribution in [0.3, 0.4) is 0 Å². The molecular weight excluding hydrogens is 284 g/mol. The van der Waals surface area contributed by atoms with Crippen LogP contribution in [0.15, 0.2) is 30.3 Å². The number of carboxylic acid groups (broad SMARTS) is 1. The van der Waals surface area contributed by atoms with Crippen LogP contribution < -0.4 is 0 Å². The van der Waals surface area contributed by atoms with Crippen molar-refractivity contribution in [3.8, 4) is 10.4 Å². The van der Waals surface area contributed by atoms with Crippen LogP contribution in [0.2, 0.25) is 5.02 Å². The molecule has 0 saturated heterocycles. The van der Waals surface area contributed by atoms with Gasteiger partial charge in [-0.1, -0.05) is 23.7 Å². The van der Waals surface area contributed by atoms with E-state index in [9.17, 15) is 9.59 Å². The van der Waals surface area contributed by atoms with Gasteiger partial charge in [0.1, 0.15) is 0 Å². The summed E-state index contributed by atoms with van der Waals surface area (Å²) in [4.78, 5) is 23.7. The van der Waals surface area contributed by atoms with Gasteiger partial charge in [0, 0.05) is 9.90 Å². The Labute approximate surface area is 119 Å². The Kier molecular flexibility index (Phi) is 4.02. The highest BCUT2D eigenvalue weighted by atomic mass is 35.5. The number of halogens is 1. The van der Waals surface area contributed by atoms with E-state index < -0.39 is 5.97 Å². The van der Waals surface area contributed by atoms with Crippen molar-refractivity contribution in [2.45, 2.75) is 13.3 Å². The third-order valence-electron chi connectivity index (χ3n) is 2.60. The molecule has 0 fully saturated rings. The molecule has 1 aromatic carbocycles. The normalized spacial score (nSPS) is 10.4. The van der Waals surface area contributed by atoms with Gasteiger partial charge in [-0.25, -0.2) is 0 Å². The lowest BCUT2D eigenvalue weighted by Crippen LogP contribution is -1.99. The molecule has 0 bridgehead atoms. The Balaban J connectivity index is 2.50. The van der Waals surface area contributed by atoms with Crippen molar-refractivity contribution in [1.29, 1.82) is 0 Å².